The van der Waals surface area contributed by atoms with Crippen molar-refractivity contribution in [1.82, 2.24) is 9.71 Å². The van der Waals surface area contributed by atoms with Crippen molar-refractivity contribution in [2.75, 3.05) is 5.32 Å². The van der Waals surface area contributed by atoms with Crippen LogP contribution in [0.2, 0.25) is 0 Å². The summed E-state index contributed by atoms with van der Waals surface area (Å²) in [4.78, 5) is 16.0. The summed E-state index contributed by atoms with van der Waals surface area (Å²) in [5.74, 6) is -0.438. The van der Waals surface area contributed by atoms with Crippen molar-refractivity contribution in [1.29, 1.82) is 0 Å². The Morgan fingerprint density at radius 1 is 1.32 bits per heavy atom. The molecule has 1 amide bonds. The minimum absolute atomic E-state index is 0.0818. The van der Waals surface area contributed by atoms with Gasteiger partial charge in [0.05, 0.1) is 0 Å². The third-order valence-electron chi connectivity index (χ3n) is 2.95. The van der Waals surface area contributed by atoms with E-state index >= 15 is 0 Å². The molecule has 0 spiro atoms. The molecule has 118 valence electrons. The summed E-state index contributed by atoms with van der Waals surface area (Å²) in [6.45, 7) is 3.65. The summed E-state index contributed by atoms with van der Waals surface area (Å²) < 4.78 is 26.6. The van der Waals surface area contributed by atoms with Crippen LogP contribution in [-0.4, -0.2) is 25.4 Å². The van der Waals surface area contributed by atoms with Crippen LogP contribution in [0.25, 0.3) is 0 Å². The van der Waals surface area contributed by atoms with Crippen LogP contribution >= 0.6 is 11.3 Å². The number of hydrogen-bond donors (Lipinski definition) is 2. The lowest BCUT2D eigenvalue weighted by atomic mass is 10.3. The van der Waals surface area contributed by atoms with Crippen LogP contribution in [0.1, 0.15) is 30.8 Å². The van der Waals surface area contributed by atoms with Gasteiger partial charge in [0.2, 0.25) is 4.34 Å². The lowest BCUT2D eigenvalue weighted by Crippen LogP contribution is -2.32. The number of benzene rings is 1. The van der Waals surface area contributed by atoms with Gasteiger partial charge in [-0.25, -0.2) is 18.1 Å². The van der Waals surface area contributed by atoms with E-state index < -0.39 is 15.9 Å². The van der Waals surface area contributed by atoms with E-state index in [1.54, 1.807) is 31.2 Å². The van der Waals surface area contributed by atoms with Crippen molar-refractivity contribution < 1.29 is 13.2 Å². The van der Waals surface area contributed by atoms with Gasteiger partial charge in [0, 0.05) is 17.1 Å². The van der Waals surface area contributed by atoms with Gasteiger partial charge in [0.25, 0.3) is 15.9 Å². The van der Waals surface area contributed by atoms with Crippen LogP contribution in [0.4, 0.5) is 5.69 Å². The number of amides is 1. The molecule has 2 aromatic rings. The average molecular weight is 339 g/mol. The molecule has 6 nitrogen and oxygen atoms in total. The van der Waals surface area contributed by atoms with Crippen molar-refractivity contribution in [3.05, 3.63) is 41.4 Å². The molecule has 0 aliphatic carbocycles. The Bertz CT molecular complexity index is 742. The molecule has 1 aromatic heterocycles. The Morgan fingerprint density at radius 3 is 2.64 bits per heavy atom. The van der Waals surface area contributed by atoms with Crippen LogP contribution in [0.5, 0.6) is 0 Å². The topological polar surface area (TPSA) is 88.2 Å². The minimum atomic E-state index is -3.68. The Morgan fingerprint density at radius 2 is 2.00 bits per heavy atom. The second-order valence-electron chi connectivity index (χ2n) is 4.75. The number of anilines is 1. The van der Waals surface area contributed by atoms with E-state index in [0.29, 0.717) is 12.1 Å². The number of hydrogen-bond acceptors (Lipinski definition) is 5. The largest absolute Gasteiger partial charge is 0.321 e. The van der Waals surface area contributed by atoms with Gasteiger partial charge in [-0.05, 0) is 25.5 Å². The van der Waals surface area contributed by atoms with Gasteiger partial charge in [-0.3, -0.25) is 4.79 Å². The summed E-state index contributed by atoms with van der Waals surface area (Å²) in [6, 6.07) is 8.73. The molecule has 0 aliphatic heterocycles. The highest BCUT2D eigenvalue weighted by Gasteiger charge is 2.22. The SMILES string of the molecule is CCC(C)NS(=O)(=O)c1nc(C(=O)Nc2ccccc2)cs1. The Kier molecular flexibility index (Phi) is 5.28. The smallest absolute Gasteiger partial charge is 0.275 e. The van der Waals surface area contributed by atoms with Crippen molar-refractivity contribution in [3.8, 4) is 0 Å². The predicted molar refractivity (Wildman–Crippen MR) is 86.6 cm³/mol. The minimum Gasteiger partial charge on any atom is -0.321 e. The summed E-state index contributed by atoms with van der Waals surface area (Å²) in [6.07, 6.45) is 0.673. The monoisotopic (exact) mass is 339 g/mol. The van der Waals surface area contributed by atoms with Crippen molar-refractivity contribution in [2.24, 2.45) is 0 Å². The van der Waals surface area contributed by atoms with E-state index in [1.165, 1.54) is 5.38 Å². The van der Waals surface area contributed by atoms with Gasteiger partial charge in [-0.1, -0.05) is 25.1 Å². The molecule has 1 unspecified atom stereocenters. The van der Waals surface area contributed by atoms with Gasteiger partial charge in [-0.2, -0.15) is 0 Å². The second-order valence-corrected chi connectivity index (χ2v) is 7.50. The summed E-state index contributed by atoms with van der Waals surface area (Å²) in [5.41, 5.74) is 0.709. The Balaban J connectivity index is 2.12. The van der Waals surface area contributed by atoms with E-state index in [4.69, 9.17) is 0 Å². The fourth-order valence-electron chi connectivity index (χ4n) is 1.60. The van der Waals surface area contributed by atoms with Crippen molar-refractivity contribution in [3.63, 3.8) is 0 Å². The number of thiazole rings is 1. The van der Waals surface area contributed by atoms with Crippen LogP contribution < -0.4 is 10.0 Å². The fourth-order valence-corrected chi connectivity index (χ4v) is 3.93. The Labute approximate surface area is 133 Å². The molecule has 0 saturated carbocycles. The van der Waals surface area contributed by atoms with E-state index in [1.807, 2.05) is 13.0 Å². The number of rotatable bonds is 6. The van der Waals surface area contributed by atoms with Gasteiger partial charge >= 0.3 is 0 Å². The summed E-state index contributed by atoms with van der Waals surface area (Å²) >= 11 is 0.925. The number of carbonyl (C=O) groups excluding carboxylic acids is 1. The van der Waals surface area contributed by atoms with E-state index in [9.17, 15) is 13.2 Å². The second kappa shape index (κ2) is 6.99. The molecular weight excluding hydrogens is 322 g/mol. The number of aromatic nitrogens is 1. The zero-order valence-electron chi connectivity index (χ0n) is 12.2. The number of nitrogens with zero attached hydrogens (tertiary/aromatic N) is 1. The first kappa shape index (κ1) is 16.6. The van der Waals surface area contributed by atoms with Crippen LogP contribution in [0.15, 0.2) is 40.1 Å². The lowest BCUT2D eigenvalue weighted by molar-refractivity contribution is 0.102. The molecule has 1 atom stereocenters. The fraction of sp³-hybridized carbons (Fsp3) is 0.286. The number of nitrogens with one attached hydrogen (secondary N) is 2. The first-order valence-corrected chi connectivity index (χ1v) is 9.13. The van der Waals surface area contributed by atoms with E-state index in [0.717, 1.165) is 11.3 Å². The van der Waals surface area contributed by atoms with Crippen molar-refractivity contribution >= 4 is 33.0 Å². The molecule has 0 bridgehead atoms. The van der Waals surface area contributed by atoms with E-state index in [2.05, 4.69) is 15.0 Å². The maximum atomic E-state index is 12.1. The zero-order chi connectivity index (χ0) is 16.2. The third kappa shape index (κ3) is 4.12. The summed E-state index contributed by atoms with van der Waals surface area (Å²) in [7, 11) is -3.68. The molecule has 1 heterocycles. The molecule has 0 radical (unpaired) electrons. The standard InChI is InChI=1S/C14H17N3O3S2/c1-3-10(2)17-22(19,20)14-16-12(9-21-14)13(18)15-11-7-5-4-6-8-11/h4-10,17H,3H2,1-2H3,(H,15,18). The van der Waals surface area contributed by atoms with Crippen LogP contribution in [-0.2, 0) is 10.0 Å². The first-order valence-electron chi connectivity index (χ1n) is 6.76. The van der Waals surface area contributed by atoms with Crippen LogP contribution in [0.3, 0.4) is 0 Å². The molecule has 2 rings (SSSR count). The van der Waals surface area contributed by atoms with Gasteiger partial charge < -0.3 is 5.32 Å². The molecule has 22 heavy (non-hydrogen) atoms. The molecule has 0 saturated heterocycles. The maximum Gasteiger partial charge on any atom is 0.275 e. The lowest BCUT2D eigenvalue weighted by Gasteiger charge is -2.09. The molecule has 2 N–H and O–H groups in total. The predicted octanol–water partition coefficient (Wildman–Crippen LogP) is 2.47. The number of sulfonamides is 1. The summed E-state index contributed by atoms with van der Waals surface area (Å²) in [5, 5.41) is 4.10. The van der Waals surface area contributed by atoms with Crippen molar-refractivity contribution in [2.45, 2.75) is 30.6 Å². The highest BCUT2D eigenvalue weighted by atomic mass is 32.2. The average Bonchev–Trinajstić information content (AvgIpc) is 2.98. The zero-order valence-corrected chi connectivity index (χ0v) is 13.9. The highest BCUT2D eigenvalue weighted by Crippen LogP contribution is 2.17. The number of para-hydroxylation sites is 1. The quantitative estimate of drug-likeness (QED) is 0.846. The molecular formula is C14H17N3O3S2. The molecule has 1 aromatic carbocycles. The van der Waals surface area contributed by atoms with Gasteiger partial charge in [0.15, 0.2) is 0 Å². The maximum absolute atomic E-state index is 12.1. The third-order valence-corrected chi connectivity index (χ3v) is 5.79. The highest BCUT2D eigenvalue weighted by molar-refractivity contribution is 7.91. The van der Waals surface area contributed by atoms with Crippen LogP contribution in [0, 0.1) is 0 Å². The van der Waals surface area contributed by atoms with Gasteiger partial charge in [-0.15, -0.1) is 11.3 Å². The Hall–Kier alpha value is -1.77. The molecule has 0 fully saturated rings. The molecule has 8 heteroatoms. The molecule has 0 aliphatic rings. The van der Waals surface area contributed by atoms with Gasteiger partial charge in [0.1, 0.15) is 5.69 Å². The first-order chi connectivity index (χ1) is 10.4. The van der Waals surface area contributed by atoms with E-state index in [-0.39, 0.29) is 16.1 Å². The number of carbonyl (C=O) groups is 1. The normalized spacial score (nSPS) is 12.8.